The Morgan fingerprint density at radius 2 is 1.67 bits per heavy atom. The first-order valence-electron chi connectivity index (χ1n) is 7.31. The minimum absolute atomic E-state index is 0.625. The topological polar surface area (TPSA) is 29.0 Å². The van der Waals surface area contributed by atoms with Crippen molar-refractivity contribution in [2.75, 3.05) is 4.90 Å². The highest BCUT2D eigenvalue weighted by atomic mass is 15.3. The molecular formula is C15H23N3. The molecule has 3 nitrogen and oxygen atoms in total. The van der Waals surface area contributed by atoms with Gasteiger partial charge >= 0.3 is 0 Å². The fraction of sp³-hybridized carbons (Fsp3) is 0.733. The second kappa shape index (κ2) is 4.52. The average Bonchev–Trinajstić information content (AvgIpc) is 2.68. The Morgan fingerprint density at radius 1 is 1.00 bits per heavy atom. The van der Waals surface area contributed by atoms with Crippen molar-refractivity contribution in [1.29, 1.82) is 0 Å². The van der Waals surface area contributed by atoms with Crippen molar-refractivity contribution < 1.29 is 0 Å². The van der Waals surface area contributed by atoms with E-state index < -0.39 is 0 Å². The predicted molar refractivity (Wildman–Crippen MR) is 74.0 cm³/mol. The smallest absolute Gasteiger partial charge is 0.136 e. The fourth-order valence-electron chi connectivity index (χ4n) is 3.52. The SMILES string of the molecule is Cc1nc2c(c(N3C(C)CCC3C)n1)CCCC2. The molecule has 3 heteroatoms. The molecule has 98 valence electrons. The van der Waals surface area contributed by atoms with Gasteiger partial charge in [0.15, 0.2) is 0 Å². The first kappa shape index (κ1) is 11.9. The lowest BCUT2D eigenvalue weighted by Gasteiger charge is -2.31. The van der Waals surface area contributed by atoms with Crippen molar-refractivity contribution in [2.45, 2.75) is 71.4 Å². The number of hydrogen-bond acceptors (Lipinski definition) is 3. The van der Waals surface area contributed by atoms with Crippen molar-refractivity contribution in [3.8, 4) is 0 Å². The number of rotatable bonds is 1. The van der Waals surface area contributed by atoms with Crippen LogP contribution in [-0.2, 0) is 12.8 Å². The first-order valence-corrected chi connectivity index (χ1v) is 7.31. The molecule has 1 aliphatic heterocycles. The van der Waals surface area contributed by atoms with Gasteiger partial charge in [-0.1, -0.05) is 0 Å². The largest absolute Gasteiger partial charge is 0.351 e. The summed E-state index contributed by atoms with van der Waals surface area (Å²) in [7, 11) is 0. The molecule has 1 aliphatic carbocycles. The van der Waals surface area contributed by atoms with E-state index in [4.69, 9.17) is 4.98 Å². The fourth-order valence-corrected chi connectivity index (χ4v) is 3.52. The lowest BCUT2D eigenvalue weighted by Crippen LogP contribution is -2.35. The van der Waals surface area contributed by atoms with Crippen LogP contribution in [0.5, 0.6) is 0 Å². The third kappa shape index (κ3) is 1.90. The minimum atomic E-state index is 0.625. The van der Waals surface area contributed by atoms with Gasteiger partial charge in [-0.2, -0.15) is 0 Å². The molecule has 2 aliphatic rings. The number of hydrogen-bond donors (Lipinski definition) is 0. The molecule has 18 heavy (non-hydrogen) atoms. The predicted octanol–water partition coefficient (Wildman–Crippen LogP) is 3.04. The third-order valence-corrected chi connectivity index (χ3v) is 4.47. The summed E-state index contributed by atoms with van der Waals surface area (Å²) in [5.74, 6) is 2.19. The van der Waals surface area contributed by atoms with Gasteiger partial charge in [0.1, 0.15) is 11.6 Å². The van der Waals surface area contributed by atoms with Crippen LogP contribution in [0.4, 0.5) is 5.82 Å². The van der Waals surface area contributed by atoms with Gasteiger partial charge in [-0.05, 0) is 59.3 Å². The highest BCUT2D eigenvalue weighted by Gasteiger charge is 2.31. The van der Waals surface area contributed by atoms with Crippen LogP contribution in [0, 0.1) is 6.92 Å². The average molecular weight is 245 g/mol. The number of anilines is 1. The monoisotopic (exact) mass is 245 g/mol. The van der Waals surface area contributed by atoms with Gasteiger partial charge in [0.25, 0.3) is 0 Å². The Bertz CT molecular complexity index is 445. The van der Waals surface area contributed by atoms with E-state index in [1.165, 1.54) is 49.2 Å². The summed E-state index contributed by atoms with van der Waals surface area (Å²) in [6.45, 7) is 6.69. The van der Waals surface area contributed by atoms with Crippen LogP contribution in [-0.4, -0.2) is 22.1 Å². The Kier molecular flexibility index (Phi) is 3.00. The van der Waals surface area contributed by atoms with Crippen LogP contribution in [0.2, 0.25) is 0 Å². The summed E-state index contributed by atoms with van der Waals surface area (Å²) in [4.78, 5) is 12.0. The van der Waals surface area contributed by atoms with E-state index in [1.54, 1.807) is 0 Å². The van der Waals surface area contributed by atoms with E-state index >= 15 is 0 Å². The third-order valence-electron chi connectivity index (χ3n) is 4.47. The molecule has 1 aromatic rings. The van der Waals surface area contributed by atoms with Gasteiger partial charge in [0.2, 0.25) is 0 Å². The number of aryl methyl sites for hydroxylation is 2. The molecule has 0 amide bonds. The maximum Gasteiger partial charge on any atom is 0.136 e. The second-order valence-corrected chi connectivity index (χ2v) is 5.91. The van der Waals surface area contributed by atoms with E-state index in [0.29, 0.717) is 12.1 Å². The molecule has 0 N–H and O–H groups in total. The summed E-state index contributed by atoms with van der Waals surface area (Å²) < 4.78 is 0. The maximum absolute atomic E-state index is 4.78. The molecule has 1 saturated heterocycles. The summed E-state index contributed by atoms with van der Waals surface area (Å²) >= 11 is 0. The van der Waals surface area contributed by atoms with E-state index in [-0.39, 0.29) is 0 Å². The van der Waals surface area contributed by atoms with Gasteiger partial charge in [-0.25, -0.2) is 9.97 Å². The van der Waals surface area contributed by atoms with Gasteiger partial charge < -0.3 is 4.90 Å². The van der Waals surface area contributed by atoms with Gasteiger partial charge in [-0.3, -0.25) is 0 Å². The van der Waals surface area contributed by atoms with Crippen LogP contribution in [0.25, 0.3) is 0 Å². The highest BCUT2D eigenvalue weighted by Crippen LogP contribution is 2.34. The number of nitrogens with zero attached hydrogens (tertiary/aromatic N) is 3. The number of aromatic nitrogens is 2. The molecule has 2 heterocycles. The molecule has 0 spiro atoms. The van der Waals surface area contributed by atoms with Crippen LogP contribution >= 0.6 is 0 Å². The van der Waals surface area contributed by atoms with Crippen molar-refractivity contribution in [3.63, 3.8) is 0 Å². The van der Waals surface area contributed by atoms with Crippen molar-refractivity contribution in [3.05, 3.63) is 17.1 Å². The Morgan fingerprint density at radius 3 is 2.39 bits per heavy atom. The molecule has 0 radical (unpaired) electrons. The second-order valence-electron chi connectivity index (χ2n) is 5.91. The van der Waals surface area contributed by atoms with Crippen molar-refractivity contribution in [1.82, 2.24) is 9.97 Å². The van der Waals surface area contributed by atoms with Gasteiger partial charge in [0, 0.05) is 23.3 Å². The van der Waals surface area contributed by atoms with E-state index in [1.807, 2.05) is 6.92 Å². The molecule has 3 rings (SSSR count). The van der Waals surface area contributed by atoms with Crippen LogP contribution in [0.15, 0.2) is 0 Å². The van der Waals surface area contributed by atoms with Gasteiger partial charge in [-0.15, -0.1) is 0 Å². The summed E-state index contributed by atoms with van der Waals surface area (Å²) in [6.07, 6.45) is 7.47. The number of fused-ring (bicyclic) bond motifs is 1. The molecular weight excluding hydrogens is 222 g/mol. The summed E-state index contributed by atoms with van der Waals surface area (Å²) in [6, 6.07) is 1.25. The highest BCUT2D eigenvalue weighted by molar-refractivity contribution is 5.52. The molecule has 2 unspecified atom stereocenters. The molecule has 2 atom stereocenters. The molecule has 0 aromatic carbocycles. The first-order chi connectivity index (χ1) is 8.66. The van der Waals surface area contributed by atoms with E-state index in [2.05, 4.69) is 23.7 Å². The zero-order valence-electron chi connectivity index (χ0n) is 11.7. The Hall–Kier alpha value is -1.12. The van der Waals surface area contributed by atoms with E-state index in [0.717, 1.165) is 12.2 Å². The maximum atomic E-state index is 4.78. The van der Waals surface area contributed by atoms with Crippen LogP contribution in [0.1, 0.15) is 56.6 Å². The molecule has 1 fully saturated rings. The molecule has 1 aromatic heterocycles. The summed E-state index contributed by atoms with van der Waals surface area (Å²) in [5, 5.41) is 0. The Balaban J connectivity index is 2.07. The Labute approximate surface area is 110 Å². The lowest BCUT2D eigenvalue weighted by molar-refractivity contribution is 0.629. The van der Waals surface area contributed by atoms with E-state index in [9.17, 15) is 0 Å². The normalized spacial score (nSPS) is 27.4. The zero-order chi connectivity index (χ0) is 12.7. The van der Waals surface area contributed by atoms with Crippen LogP contribution < -0.4 is 4.90 Å². The quantitative estimate of drug-likeness (QED) is 0.761. The van der Waals surface area contributed by atoms with Crippen LogP contribution in [0.3, 0.4) is 0 Å². The van der Waals surface area contributed by atoms with Crippen molar-refractivity contribution in [2.24, 2.45) is 0 Å². The minimum Gasteiger partial charge on any atom is -0.351 e. The van der Waals surface area contributed by atoms with Gasteiger partial charge in [0.05, 0.1) is 0 Å². The zero-order valence-corrected chi connectivity index (χ0v) is 11.7. The molecule has 0 saturated carbocycles. The molecule has 0 bridgehead atoms. The standard InChI is InChI=1S/C15H23N3/c1-10-8-9-11(2)18(10)15-13-6-4-5-7-14(13)16-12(3)17-15/h10-11H,4-9H2,1-3H3. The summed E-state index contributed by atoms with van der Waals surface area (Å²) in [5.41, 5.74) is 2.75. The lowest BCUT2D eigenvalue weighted by atomic mass is 9.95. The van der Waals surface area contributed by atoms with Crippen molar-refractivity contribution >= 4 is 5.82 Å².